The highest BCUT2D eigenvalue weighted by molar-refractivity contribution is 9.10. The predicted molar refractivity (Wildman–Crippen MR) is 85.0 cm³/mol. The lowest BCUT2D eigenvalue weighted by molar-refractivity contribution is 0.541. The molecule has 104 valence electrons. The molecule has 0 spiro atoms. The van der Waals surface area contributed by atoms with Crippen molar-refractivity contribution < 1.29 is 0 Å². The second-order valence-electron chi connectivity index (χ2n) is 4.75. The Balaban J connectivity index is 1.66. The van der Waals surface area contributed by atoms with Gasteiger partial charge in [-0.15, -0.1) is 11.3 Å². The average molecular weight is 351 g/mol. The standard InChI is InChI=1S/C14H15BrN4S/c1-10(5-12-3-2-4-20-12)16-6-11-7-18-14-8-17-13(15)9-19(11)14/h2-4,7-10,16H,5-6H2,1H3. The Morgan fingerprint density at radius 1 is 1.40 bits per heavy atom. The molecule has 0 aromatic carbocycles. The van der Waals surface area contributed by atoms with E-state index in [0.717, 1.165) is 28.9 Å². The number of thiophene rings is 1. The van der Waals surface area contributed by atoms with Crippen LogP contribution in [0.1, 0.15) is 17.5 Å². The fourth-order valence-electron chi connectivity index (χ4n) is 2.13. The Kier molecular flexibility index (Phi) is 4.14. The first-order valence-electron chi connectivity index (χ1n) is 6.45. The van der Waals surface area contributed by atoms with Gasteiger partial charge in [-0.1, -0.05) is 6.07 Å². The van der Waals surface area contributed by atoms with Crippen LogP contribution >= 0.6 is 27.3 Å². The molecule has 0 fully saturated rings. The van der Waals surface area contributed by atoms with Crippen LogP contribution in [0.25, 0.3) is 5.65 Å². The molecule has 0 saturated heterocycles. The Morgan fingerprint density at radius 2 is 2.30 bits per heavy atom. The first-order chi connectivity index (χ1) is 9.72. The molecule has 0 bridgehead atoms. The van der Waals surface area contributed by atoms with Crippen LogP contribution in [0, 0.1) is 0 Å². The summed E-state index contributed by atoms with van der Waals surface area (Å²) in [6, 6.07) is 4.71. The predicted octanol–water partition coefficient (Wildman–Crippen LogP) is 3.27. The van der Waals surface area contributed by atoms with Gasteiger partial charge in [-0.05, 0) is 40.7 Å². The van der Waals surface area contributed by atoms with Crippen molar-refractivity contribution in [1.29, 1.82) is 0 Å². The second kappa shape index (κ2) is 6.03. The first-order valence-corrected chi connectivity index (χ1v) is 8.13. The van der Waals surface area contributed by atoms with Gasteiger partial charge in [-0.25, -0.2) is 9.97 Å². The quantitative estimate of drug-likeness (QED) is 0.767. The summed E-state index contributed by atoms with van der Waals surface area (Å²) in [4.78, 5) is 9.95. The van der Waals surface area contributed by atoms with Gasteiger partial charge in [-0.3, -0.25) is 4.40 Å². The molecule has 6 heteroatoms. The van der Waals surface area contributed by atoms with Crippen molar-refractivity contribution in [3.8, 4) is 0 Å². The molecule has 3 aromatic heterocycles. The molecule has 0 aliphatic rings. The maximum Gasteiger partial charge on any atom is 0.155 e. The molecule has 20 heavy (non-hydrogen) atoms. The average Bonchev–Trinajstić information content (AvgIpc) is 3.05. The van der Waals surface area contributed by atoms with Crippen molar-refractivity contribution in [2.75, 3.05) is 0 Å². The lowest BCUT2D eigenvalue weighted by atomic mass is 10.2. The van der Waals surface area contributed by atoms with E-state index in [1.807, 2.05) is 23.7 Å². The van der Waals surface area contributed by atoms with E-state index < -0.39 is 0 Å². The fourth-order valence-corrected chi connectivity index (χ4v) is 3.27. The minimum atomic E-state index is 0.435. The molecule has 4 nitrogen and oxygen atoms in total. The number of hydrogen-bond donors (Lipinski definition) is 1. The maximum atomic E-state index is 4.36. The van der Waals surface area contributed by atoms with Gasteiger partial charge in [0.25, 0.3) is 0 Å². The van der Waals surface area contributed by atoms with Gasteiger partial charge in [-0.2, -0.15) is 0 Å². The lowest BCUT2D eigenvalue weighted by Gasteiger charge is -2.12. The van der Waals surface area contributed by atoms with Gasteiger partial charge >= 0.3 is 0 Å². The number of fused-ring (bicyclic) bond motifs is 1. The normalized spacial score (nSPS) is 12.9. The molecule has 0 saturated carbocycles. The summed E-state index contributed by atoms with van der Waals surface area (Å²) in [6.45, 7) is 3.00. The lowest BCUT2D eigenvalue weighted by Crippen LogP contribution is -2.27. The summed E-state index contributed by atoms with van der Waals surface area (Å²) in [5.74, 6) is 0. The van der Waals surface area contributed by atoms with Crippen LogP contribution in [-0.4, -0.2) is 20.4 Å². The third-order valence-corrected chi connectivity index (χ3v) is 4.47. The summed E-state index contributed by atoms with van der Waals surface area (Å²) in [5, 5.41) is 5.67. The van der Waals surface area contributed by atoms with Gasteiger partial charge in [0.2, 0.25) is 0 Å². The summed E-state index contributed by atoms with van der Waals surface area (Å²) < 4.78 is 2.87. The third kappa shape index (κ3) is 3.08. The SMILES string of the molecule is CC(Cc1cccs1)NCc1cnc2cnc(Br)cn12. The van der Waals surface area contributed by atoms with E-state index in [-0.39, 0.29) is 0 Å². The first kappa shape index (κ1) is 13.7. The van der Waals surface area contributed by atoms with Crippen molar-refractivity contribution in [3.05, 3.63) is 51.3 Å². The van der Waals surface area contributed by atoms with E-state index in [1.54, 1.807) is 6.20 Å². The number of hydrogen-bond acceptors (Lipinski definition) is 4. The van der Waals surface area contributed by atoms with Crippen LogP contribution in [0.3, 0.4) is 0 Å². The molecular formula is C14H15BrN4S. The molecule has 0 amide bonds. The van der Waals surface area contributed by atoms with Crippen molar-refractivity contribution in [2.45, 2.75) is 25.9 Å². The van der Waals surface area contributed by atoms with Gasteiger partial charge in [0.05, 0.1) is 18.1 Å². The van der Waals surface area contributed by atoms with Crippen LogP contribution in [0.5, 0.6) is 0 Å². The van der Waals surface area contributed by atoms with Gasteiger partial charge in [0.15, 0.2) is 5.65 Å². The van der Waals surface area contributed by atoms with E-state index in [0.29, 0.717) is 6.04 Å². The number of rotatable bonds is 5. The monoisotopic (exact) mass is 350 g/mol. The summed E-state index contributed by atoms with van der Waals surface area (Å²) in [7, 11) is 0. The van der Waals surface area contributed by atoms with E-state index in [9.17, 15) is 0 Å². The van der Waals surface area contributed by atoms with Gasteiger partial charge in [0, 0.05) is 23.7 Å². The Bertz CT molecular complexity index is 692. The molecule has 1 atom stereocenters. The number of halogens is 1. The number of aromatic nitrogens is 3. The Labute approximate surface area is 130 Å². The van der Waals surface area contributed by atoms with Crippen molar-refractivity contribution >= 4 is 32.9 Å². The minimum Gasteiger partial charge on any atom is -0.308 e. The molecule has 0 radical (unpaired) electrons. The van der Waals surface area contributed by atoms with Gasteiger partial charge in [0.1, 0.15) is 4.60 Å². The number of nitrogens with zero attached hydrogens (tertiary/aromatic N) is 3. The van der Waals surface area contributed by atoms with Crippen molar-refractivity contribution in [3.63, 3.8) is 0 Å². The molecule has 3 rings (SSSR count). The second-order valence-corrected chi connectivity index (χ2v) is 6.60. The number of nitrogens with one attached hydrogen (secondary N) is 1. The van der Waals surface area contributed by atoms with E-state index >= 15 is 0 Å². The third-order valence-electron chi connectivity index (χ3n) is 3.16. The summed E-state index contributed by atoms with van der Waals surface area (Å²) in [6.07, 6.45) is 6.67. The van der Waals surface area contributed by atoms with Crippen LogP contribution in [0.2, 0.25) is 0 Å². The summed E-state index contributed by atoms with van der Waals surface area (Å²) >= 11 is 5.20. The molecule has 0 aliphatic heterocycles. The molecule has 3 aromatic rings. The van der Waals surface area contributed by atoms with E-state index in [1.165, 1.54) is 4.88 Å². The summed E-state index contributed by atoms with van der Waals surface area (Å²) in [5.41, 5.74) is 2.01. The van der Waals surface area contributed by atoms with Crippen LogP contribution < -0.4 is 5.32 Å². The van der Waals surface area contributed by atoms with Crippen LogP contribution in [0.15, 0.2) is 40.7 Å². The molecule has 1 N–H and O–H groups in total. The van der Waals surface area contributed by atoms with E-state index in [2.05, 4.69) is 60.1 Å². The van der Waals surface area contributed by atoms with Crippen LogP contribution in [0.4, 0.5) is 0 Å². The van der Waals surface area contributed by atoms with Crippen molar-refractivity contribution in [2.24, 2.45) is 0 Å². The molecular weight excluding hydrogens is 336 g/mol. The largest absolute Gasteiger partial charge is 0.308 e. The molecule has 3 heterocycles. The fraction of sp³-hybridized carbons (Fsp3) is 0.286. The Morgan fingerprint density at radius 3 is 3.10 bits per heavy atom. The maximum absolute atomic E-state index is 4.36. The Hall–Kier alpha value is -1.24. The highest BCUT2D eigenvalue weighted by Crippen LogP contribution is 2.13. The topological polar surface area (TPSA) is 42.2 Å². The van der Waals surface area contributed by atoms with Crippen LogP contribution in [-0.2, 0) is 13.0 Å². The highest BCUT2D eigenvalue weighted by atomic mass is 79.9. The number of imidazole rings is 1. The van der Waals surface area contributed by atoms with Gasteiger partial charge < -0.3 is 5.32 Å². The molecule has 0 aliphatic carbocycles. The zero-order valence-electron chi connectivity index (χ0n) is 11.1. The zero-order valence-corrected chi connectivity index (χ0v) is 13.5. The van der Waals surface area contributed by atoms with Crippen molar-refractivity contribution in [1.82, 2.24) is 19.7 Å². The smallest absolute Gasteiger partial charge is 0.155 e. The van der Waals surface area contributed by atoms with E-state index in [4.69, 9.17) is 0 Å². The zero-order chi connectivity index (χ0) is 13.9. The molecule has 1 unspecified atom stereocenters. The highest BCUT2D eigenvalue weighted by Gasteiger charge is 2.07. The minimum absolute atomic E-state index is 0.435.